The Hall–Kier alpha value is -1.12. The number of hydrogen-bond acceptors (Lipinski definition) is 2. The Bertz CT molecular complexity index is 549. The van der Waals surface area contributed by atoms with Crippen molar-refractivity contribution in [2.75, 3.05) is 7.05 Å². The second-order valence-corrected chi connectivity index (χ2v) is 6.82. The largest absolute Gasteiger partial charge is 0.385 e. The summed E-state index contributed by atoms with van der Waals surface area (Å²) in [6.07, 6.45) is 11.0. The van der Waals surface area contributed by atoms with Gasteiger partial charge in [0.1, 0.15) is 0 Å². The fraction of sp³-hybridized carbons (Fsp3) is 0.556. The van der Waals surface area contributed by atoms with Crippen LogP contribution in [0, 0.1) is 0 Å². The van der Waals surface area contributed by atoms with Crippen LogP contribution in [0.3, 0.4) is 0 Å². The first-order chi connectivity index (χ1) is 9.67. The first-order valence-electron chi connectivity index (χ1n) is 7.91. The highest BCUT2D eigenvalue weighted by Gasteiger charge is 2.45. The minimum absolute atomic E-state index is 0.553. The summed E-state index contributed by atoms with van der Waals surface area (Å²) in [4.78, 5) is 2.51. The molecule has 2 fully saturated rings. The van der Waals surface area contributed by atoms with Gasteiger partial charge in [-0.15, -0.1) is 0 Å². The summed E-state index contributed by atoms with van der Waals surface area (Å²) in [5.74, 6) is 0. The molecule has 2 heteroatoms. The molecule has 3 aliphatic rings. The van der Waals surface area contributed by atoms with Crippen molar-refractivity contribution >= 4 is 6.08 Å². The summed E-state index contributed by atoms with van der Waals surface area (Å²) < 4.78 is 0. The number of nitrogens with zero attached hydrogens (tertiary/aromatic N) is 1. The zero-order valence-electron chi connectivity index (χ0n) is 12.2. The summed E-state index contributed by atoms with van der Waals surface area (Å²) in [5, 5.41) is 11.4. The molecule has 0 spiro atoms. The van der Waals surface area contributed by atoms with Crippen molar-refractivity contribution in [1.82, 2.24) is 4.90 Å². The van der Waals surface area contributed by atoms with Gasteiger partial charge in [-0.1, -0.05) is 36.8 Å². The van der Waals surface area contributed by atoms with Crippen LogP contribution in [0.5, 0.6) is 0 Å². The third-order valence-corrected chi connectivity index (χ3v) is 5.71. The number of allylic oxidation sites excluding steroid dienone is 1. The van der Waals surface area contributed by atoms with E-state index in [1.807, 2.05) is 0 Å². The predicted molar refractivity (Wildman–Crippen MR) is 81.5 cm³/mol. The molecule has 1 aromatic carbocycles. The van der Waals surface area contributed by atoms with E-state index >= 15 is 0 Å². The molecule has 0 aromatic heterocycles. The molecule has 1 N–H and O–H groups in total. The second-order valence-electron chi connectivity index (χ2n) is 6.82. The van der Waals surface area contributed by atoms with Gasteiger partial charge < -0.3 is 10.0 Å². The van der Waals surface area contributed by atoms with Crippen molar-refractivity contribution in [2.45, 2.75) is 56.2 Å². The van der Waals surface area contributed by atoms with Crippen LogP contribution in [0.2, 0.25) is 0 Å². The van der Waals surface area contributed by atoms with Crippen molar-refractivity contribution in [2.24, 2.45) is 0 Å². The fourth-order valence-electron chi connectivity index (χ4n) is 4.60. The van der Waals surface area contributed by atoms with Gasteiger partial charge in [-0.05, 0) is 55.8 Å². The molecule has 0 amide bonds. The van der Waals surface area contributed by atoms with Crippen LogP contribution in [0.15, 0.2) is 24.3 Å². The number of benzene rings is 1. The van der Waals surface area contributed by atoms with E-state index in [4.69, 9.17) is 0 Å². The minimum atomic E-state index is -0.611. The maximum atomic E-state index is 11.4. The molecule has 2 saturated heterocycles. The lowest BCUT2D eigenvalue weighted by Crippen LogP contribution is -2.55. The molecule has 0 saturated carbocycles. The van der Waals surface area contributed by atoms with Gasteiger partial charge in [0.05, 0.1) is 5.60 Å². The smallest absolute Gasteiger partial charge is 0.0929 e. The molecule has 1 aromatic rings. The van der Waals surface area contributed by atoms with E-state index in [0.717, 1.165) is 19.3 Å². The lowest BCUT2D eigenvalue weighted by Gasteiger charge is -2.51. The first-order valence-corrected chi connectivity index (χ1v) is 7.91. The number of piperidine rings is 2. The van der Waals surface area contributed by atoms with Crippen LogP contribution in [0.4, 0.5) is 0 Å². The molecule has 2 heterocycles. The summed E-state index contributed by atoms with van der Waals surface area (Å²) in [5.41, 5.74) is 3.25. The van der Waals surface area contributed by atoms with Crippen LogP contribution in [-0.4, -0.2) is 29.1 Å². The molecule has 2 bridgehead atoms. The quantitative estimate of drug-likeness (QED) is 0.847. The van der Waals surface area contributed by atoms with E-state index in [0.29, 0.717) is 12.1 Å². The normalized spacial score (nSPS) is 36.1. The number of rotatable bonds is 1. The average Bonchev–Trinajstić information content (AvgIpc) is 2.89. The maximum absolute atomic E-state index is 11.4. The molecule has 2 unspecified atom stereocenters. The van der Waals surface area contributed by atoms with Crippen molar-refractivity contribution < 1.29 is 5.11 Å². The van der Waals surface area contributed by atoms with Crippen LogP contribution in [-0.2, 0) is 12.0 Å². The van der Waals surface area contributed by atoms with Gasteiger partial charge >= 0.3 is 0 Å². The van der Waals surface area contributed by atoms with Crippen molar-refractivity contribution in [3.63, 3.8) is 0 Å². The van der Waals surface area contributed by atoms with E-state index in [9.17, 15) is 5.11 Å². The zero-order chi connectivity index (χ0) is 13.7. The Kier molecular flexibility index (Phi) is 2.80. The molecule has 106 valence electrons. The van der Waals surface area contributed by atoms with Gasteiger partial charge in [0, 0.05) is 12.1 Å². The molecule has 20 heavy (non-hydrogen) atoms. The Labute approximate surface area is 121 Å². The van der Waals surface area contributed by atoms with Gasteiger partial charge in [0.25, 0.3) is 0 Å². The molecule has 0 radical (unpaired) electrons. The fourth-order valence-corrected chi connectivity index (χ4v) is 4.60. The van der Waals surface area contributed by atoms with Gasteiger partial charge in [0.2, 0.25) is 0 Å². The SMILES string of the molecule is CN1C2CCCC1CC(O)(c1cccc3c1CC=C3)C2. The highest BCUT2D eigenvalue weighted by atomic mass is 16.3. The van der Waals surface area contributed by atoms with Gasteiger partial charge in [-0.3, -0.25) is 0 Å². The predicted octanol–water partition coefficient (Wildman–Crippen LogP) is 3.09. The summed E-state index contributed by atoms with van der Waals surface area (Å²) in [6.45, 7) is 0. The number of hydrogen-bond donors (Lipinski definition) is 1. The average molecular weight is 269 g/mol. The Balaban J connectivity index is 1.73. The third-order valence-electron chi connectivity index (χ3n) is 5.71. The molecule has 2 aliphatic heterocycles. The van der Waals surface area contributed by atoms with Gasteiger partial charge in [-0.25, -0.2) is 0 Å². The maximum Gasteiger partial charge on any atom is 0.0929 e. The molecule has 4 rings (SSSR count). The molecule has 2 atom stereocenters. The van der Waals surface area contributed by atoms with E-state index < -0.39 is 5.60 Å². The molecular weight excluding hydrogens is 246 g/mol. The van der Waals surface area contributed by atoms with Crippen molar-refractivity contribution in [3.8, 4) is 0 Å². The Morgan fingerprint density at radius 2 is 1.95 bits per heavy atom. The van der Waals surface area contributed by atoms with Gasteiger partial charge in [0.15, 0.2) is 0 Å². The van der Waals surface area contributed by atoms with E-state index in [-0.39, 0.29) is 0 Å². The van der Waals surface area contributed by atoms with Crippen LogP contribution < -0.4 is 0 Å². The summed E-state index contributed by atoms with van der Waals surface area (Å²) in [6, 6.07) is 7.54. The third kappa shape index (κ3) is 1.78. The van der Waals surface area contributed by atoms with E-state index in [2.05, 4.69) is 42.3 Å². The molecule has 2 nitrogen and oxygen atoms in total. The standard InChI is InChI=1S/C18H23NO/c1-19-14-7-4-8-15(19)12-18(20,11-14)17-10-3-6-13-5-2-9-16(13)17/h2-3,5-6,10,14-15,20H,4,7-9,11-12H2,1H3. The second kappa shape index (κ2) is 4.44. The monoisotopic (exact) mass is 269 g/mol. The Morgan fingerprint density at radius 3 is 2.70 bits per heavy atom. The summed E-state index contributed by atoms with van der Waals surface area (Å²) in [7, 11) is 2.24. The lowest BCUT2D eigenvalue weighted by atomic mass is 9.71. The highest BCUT2D eigenvalue weighted by Crippen LogP contribution is 2.45. The topological polar surface area (TPSA) is 23.5 Å². The van der Waals surface area contributed by atoms with Crippen LogP contribution in [0.25, 0.3) is 6.08 Å². The van der Waals surface area contributed by atoms with E-state index in [1.165, 1.54) is 36.0 Å². The molecular formula is C18H23NO. The van der Waals surface area contributed by atoms with Crippen molar-refractivity contribution in [1.29, 1.82) is 0 Å². The minimum Gasteiger partial charge on any atom is -0.385 e. The Morgan fingerprint density at radius 1 is 1.20 bits per heavy atom. The first kappa shape index (κ1) is 12.6. The zero-order valence-corrected chi connectivity index (χ0v) is 12.2. The highest BCUT2D eigenvalue weighted by molar-refractivity contribution is 5.62. The number of aliphatic hydroxyl groups is 1. The van der Waals surface area contributed by atoms with Crippen LogP contribution in [0.1, 0.15) is 48.8 Å². The van der Waals surface area contributed by atoms with Crippen molar-refractivity contribution in [3.05, 3.63) is 41.0 Å². The molecule has 1 aliphatic carbocycles. The summed E-state index contributed by atoms with van der Waals surface area (Å²) >= 11 is 0. The van der Waals surface area contributed by atoms with Gasteiger partial charge in [-0.2, -0.15) is 0 Å². The van der Waals surface area contributed by atoms with Crippen LogP contribution >= 0.6 is 0 Å². The number of fused-ring (bicyclic) bond motifs is 3. The lowest BCUT2D eigenvalue weighted by molar-refractivity contribution is -0.0878. The van der Waals surface area contributed by atoms with E-state index in [1.54, 1.807) is 0 Å².